The van der Waals surface area contributed by atoms with E-state index in [1.807, 2.05) is 26.0 Å². The molecule has 0 atom stereocenters. The topological polar surface area (TPSA) is 41.6 Å². The van der Waals surface area contributed by atoms with Gasteiger partial charge in [-0.2, -0.15) is 0 Å². The molecule has 1 N–H and O–H groups in total. The number of aryl methyl sites for hydroxylation is 2. The van der Waals surface area contributed by atoms with Crippen molar-refractivity contribution in [1.29, 1.82) is 0 Å². The molecule has 2 rings (SSSR count). The molecule has 4 nitrogen and oxygen atoms in total. The third-order valence-electron chi connectivity index (χ3n) is 3.96. The highest BCUT2D eigenvalue weighted by Gasteiger charge is 2.12. The van der Waals surface area contributed by atoms with E-state index in [1.165, 1.54) is 19.2 Å². The predicted octanol–water partition coefficient (Wildman–Crippen LogP) is 4.65. The Hall–Kier alpha value is -2.56. The van der Waals surface area contributed by atoms with E-state index in [2.05, 4.69) is 21.9 Å². The smallest absolute Gasteiger partial charge is 0.411 e. The summed E-state index contributed by atoms with van der Waals surface area (Å²) in [5.41, 5.74) is 4.81. The number of nitrogens with zero attached hydrogens (tertiary/aromatic N) is 1. The maximum atomic E-state index is 13.1. The predicted molar refractivity (Wildman–Crippen MR) is 95.1 cm³/mol. The number of nitrogens with one attached hydrogen (secondary N) is 1. The first-order chi connectivity index (χ1) is 11.4. The van der Waals surface area contributed by atoms with Crippen LogP contribution in [0.4, 0.5) is 20.6 Å². The summed E-state index contributed by atoms with van der Waals surface area (Å²) in [6.07, 6.45) is -0.479. The van der Waals surface area contributed by atoms with Crippen molar-refractivity contribution in [2.24, 2.45) is 0 Å². The Morgan fingerprint density at radius 2 is 1.75 bits per heavy atom. The quantitative estimate of drug-likeness (QED) is 0.868. The molecule has 5 heteroatoms. The highest BCUT2D eigenvalue weighted by Crippen LogP contribution is 2.28. The lowest BCUT2D eigenvalue weighted by Gasteiger charge is -2.25. The van der Waals surface area contributed by atoms with Gasteiger partial charge in [0, 0.05) is 24.5 Å². The van der Waals surface area contributed by atoms with Gasteiger partial charge in [-0.05, 0) is 61.7 Å². The summed E-state index contributed by atoms with van der Waals surface area (Å²) in [4.78, 5) is 13.7. The van der Waals surface area contributed by atoms with Gasteiger partial charge >= 0.3 is 6.09 Å². The van der Waals surface area contributed by atoms with Gasteiger partial charge in [0.25, 0.3) is 0 Å². The van der Waals surface area contributed by atoms with Crippen molar-refractivity contribution in [3.8, 4) is 0 Å². The highest BCUT2D eigenvalue weighted by atomic mass is 19.1. The fourth-order valence-electron chi connectivity index (χ4n) is 2.67. The maximum Gasteiger partial charge on any atom is 0.411 e. The van der Waals surface area contributed by atoms with Gasteiger partial charge in [-0.1, -0.05) is 12.1 Å². The van der Waals surface area contributed by atoms with E-state index in [0.717, 1.165) is 34.6 Å². The van der Waals surface area contributed by atoms with Crippen LogP contribution in [-0.4, -0.2) is 19.7 Å². The Kier molecular flexibility index (Phi) is 5.79. The molecular weight excluding hydrogens is 307 g/mol. The Labute approximate surface area is 142 Å². The lowest BCUT2D eigenvalue weighted by atomic mass is 10.1. The van der Waals surface area contributed by atoms with Gasteiger partial charge in [-0.25, -0.2) is 9.18 Å². The zero-order chi connectivity index (χ0) is 17.7. The van der Waals surface area contributed by atoms with Crippen LogP contribution in [0.15, 0.2) is 36.4 Å². The van der Waals surface area contributed by atoms with Gasteiger partial charge in [0.05, 0.1) is 7.11 Å². The van der Waals surface area contributed by atoms with Crippen LogP contribution in [0.5, 0.6) is 0 Å². The van der Waals surface area contributed by atoms with E-state index in [4.69, 9.17) is 0 Å². The molecule has 24 heavy (non-hydrogen) atoms. The molecule has 0 spiro atoms. The van der Waals surface area contributed by atoms with Crippen molar-refractivity contribution < 1.29 is 13.9 Å². The molecule has 0 heterocycles. The molecule has 0 radical (unpaired) electrons. The SMILES string of the molecule is CCN(Cc1ccc(F)cc1)c1cc(C)c(NC(=O)OC)c(C)c1. The van der Waals surface area contributed by atoms with E-state index in [0.29, 0.717) is 6.54 Å². The minimum absolute atomic E-state index is 0.230. The van der Waals surface area contributed by atoms with E-state index >= 15 is 0 Å². The van der Waals surface area contributed by atoms with Gasteiger partial charge in [0.1, 0.15) is 5.82 Å². The van der Waals surface area contributed by atoms with Crippen molar-refractivity contribution in [1.82, 2.24) is 0 Å². The van der Waals surface area contributed by atoms with E-state index < -0.39 is 6.09 Å². The number of carbonyl (C=O) groups excluding carboxylic acids is 1. The number of halogens is 1. The van der Waals surface area contributed by atoms with E-state index in [1.54, 1.807) is 12.1 Å². The molecule has 0 aliphatic carbocycles. The summed E-state index contributed by atoms with van der Waals surface area (Å²) in [7, 11) is 1.34. The lowest BCUT2D eigenvalue weighted by molar-refractivity contribution is 0.187. The van der Waals surface area contributed by atoms with Crippen molar-refractivity contribution in [2.75, 3.05) is 23.9 Å². The average Bonchev–Trinajstić information content (AvgIpc) is 2.57. The number of hydrogen-bond donors (Lipinski definition) is 1. The number of methoxy groups -OCH3 is 1. The Balaban J connectivity index is 2.25. The molecule has 128 valence electrons. The standard InChI is InChI=1S/C19H23FN2O2/c1-5-22(12-15-6-8-16(20)9-7-15)17-10-13(2)18(14(3)11-17)21-19(23)24-4/h6-11H,5,12H2,1-4H3,(H,21,23). The van der Waals surface area contributed by atoms with Gasteiger partial charge in [0.2, 0.25) is 0 Å². The van der Waals surface area contributed by atoms with Crippen LogP contribution < -0.4 is 10.2 Å². The summed E-state index contributed by atoms with van der Waals surface area (Å²) in [5, 5.41) is 2.75. The second kappa shape index (κ2) is 7.81. The molecular formula is C19H23FN2O2. The summed E-state index contributed by atoms with van der Waals surface area (Å²) in [6, 6.07) is 10.6. The molecule has 0 unspecified atom stereocenters. The normalized spacial score (nSPS) is 10.4. The van der Waals surface area contributed by atoms with Gasteiger partial charge in [-0.3, -0.25) is 5.32 Å². The van der Waals surface area contributed by atoms with Crippen LogP contribution in [0.3, 0.4) is 0 Å². The summed E-state index contributed by atoms with van der Waals surface area (Å²) < 4.78 is 17.7. The summed E-state index contributed by atoms with van der Waals surface area (Å²) in [5.74, 6) is -0.230. The van der Waals surface area contributed by atoms with Crippen molar-refractivity contribution in [3.05, 3.63) is 58.9 Å². The zero-order valence-electron chi connectivity index (χ0n) is 14.5. The minimum atomic E-state index is -0.479. The summed E-state index contributed by atoms with van der Waals surface area (Å²) in [6.45, 7) is 7.50. The molecule has 1 amide bonds. The fraction of sp³-hybridized carbons (Fsp3) is 0.316. The summed E-state index contributed by atoms with van der Waals surface area (Å²) >= 11 is 0. The molecule has 2 aromatic rings. The second-order valence-corrected chi connectivity index (χ2v) is 5.71. The van der Waals surface area contributed by atoms with Crippen LogP contribution >= 0.6 is 0 Å². The van der Waals surface area contributed by atoms with Crippen LogP contribution in [-0.2, 0) is 11.3 Å². The molecule has 0 aliphatic rings. The van der Waals surface area contributed by atoms with Crippen LogP contribution in [0.2, 0.25) is 0 Å². The fourth-order valence-corrected chi connectivity index (χ4v) is 2.67. The molecule has 0 bridgehead atoms. The van der Waals surface area contributed by atoms with Gasteiger partial charge in [-0.15, -0.1) is 0 Å². The average molecular weight is 330 g/mol. The Morgan fingerprint density at radius 3 is 2.25 bits per heavy atom. The van der Waals surface area contributed by atoms with Gasteiger partial charge < -0.3 is 9.64 Å². The molecule has 0 saturated heterocycles. The first-order valence-corrected chi connectivity index (χ1v) is 7.90. The highest BCUT2D eigenvalue weighted by molar-refractivity contribution is 5.87. The number of ether oxygens (including phenoxy) is 1. The van der Waals surface area contributed by atoms with Crippen molar-refractivity contribution in [2.45, 2.75) is 27.3 Å². The number of hydrogen-bond acceptors (Lipinski definition) is 3. The van der Waals surface area contributed by atoms with Crippen LogP contribution in [0.25, 0.3) is 0 Å². The minimum Gasteiger partial charge on any atom is -0.453 e. The second-order valence-electron chi connectivity index (χ2n) is 5.71. The zero-order valence-corrected chi connectivity index (χ0v) is 14.5. The molecule has 0 aromatic heterocycles. The van der Waals surface area contributed by atoms with Crippen molar-refractivity contribution in [3.63, 3.8) is 0 Å². The Bertz CT molecular complexity index is 691. The molecule has 0 fully saturated rings. The van der Waals surface area contributed by atoms with E-state index in [-0.39, 0.29) is 5.82 Å². The first kappa shape index (κ1) is 17.8. The third-order valence-corrected chi connectivity index (χ3v) is 3.96. The van der Waals surface area contributed by atoms with Crippen LogP contribution in [0.1, 0.15) is 23.6 Å². The Morgan fingerprint density at radius 1 is 1.17 bits per heavy atom. The van der Waals surface area contributed by atoms with Crippen molar-refractivity contribution >= 4 is 17.5 Å². The number of rotatable bonds is 5. The lowest BCUT2D eigenvalue weighted by Crippen LogP contribution is -2.22. The maximum absolute atomic E-state index is 13.1. The third kappa shape index (κ3) is 4.25. The number of carbonyl (C=O) groups is 1. The number of benzene rings is 2. The van der Waals surface area contributed by atoms with E-state index in [9.17, 15) is 9.18 Å². The van der Waals surface area contributed by atoms with Gasteiger partial charge in [0.15, 0.2) is 0 Å². The van der Waals surface area contributed by atoms with Crippen LogP contribution in [0, 0.1) is 19.7 Å². The number of amides is 1. The first-order valence-electron chi connectivity index (χ1n) is 7.90. The molecule has 0 saturated carbocycles. The molecule has 0 aliphatic heterocycles. The molecule has 2 aromatic carbocycles. The monoisotopic (exact) mass is 330 g/mol. The largest absolute Gasteiger partial charge is 0.453 e. The number of anilines is 2.